The number of nitrogens with zero attached hydrogens (tertiary/aromatic N) is 2. The van der Waals surface area contributed by atoms with Crippen LogP contribution in [0, 0.1) is 11.3 Å². The van der Waals surface area contributed by atoms with Crippen molar-refractivity contribution in [1.82, 2.24) is 9.88 Å². The molecule has 0 saturated carbocycles. The summed E-state index contributed by atoms with van der Waals surface area (Å²) in [5, 5.41) is 14.7. The molecule has 1 aliphatic rings. The lowest BCUT2D eigenvalue weighted by atomic mass is 9.85. The van der Waals surface area contributed by atoms with E-state index in [1.807, 2.05) is 48.5 Å². The molecule has 3 aromatic rings. The first-order valence-corrected chi connectivity index (χ1v) is 9.57. The molecule has 0 atom stereocenters. The van der Waals surface area contributed by atoms with Crippen molar-refractivity contribution in [2.75, 3.05) is 13.1 Å². The highest BCUT2D eigenvalue weighted by Crippen LogP contribution is 2.34. The fourth-order valence-electron chi connectivity index (χ4n) is 4.02. The normalized spacial score (nSPS) is 15.0. The van der Waals surface area contributed by atoms with Crippen LogP contribution in [0.5, 0.6) is 0 Å². The van der Waals surface area contributed by atoms with Gasteiger partial charge >= 0.3 is 0 Å². The second-order valence-electron chi connectivity index (χ2n) is 6.96. The summed E-state index contributed by atoms with van der Waals surface area (Å²) in [4.78, 5) is 13.3. The van der Waals surface area contributed by atoms with E-state index in [0.717, 1.165) is 48.0 Å². The molecule has 0 spiro atoms. The van der Waals surface area contributed by atoms with Crippen molar-refractivity contribution in [3.8, 4) is 6.07 Å². The second-order valence-corrected chi connectivity index (χ2v) is 7.40. The van der Waals surface area contributed by atoms with Crippen molar-refractivity contribution in [2.24, 2.45) is 0 Å². The molecule has 0 bridgehead atoms. The molecule has 5 heteroatoms. The van der Waals surface area contributed by atoms with Gasteiger partial charge in [0, 0.05) is 10.4 Å². The van der Waals surface area contributed by atoms with Gasteiger partial charge in [-0.2, -0.15) is 5.26 Å². The molecule has 1 aromatic heterocycles. The summed E-state index contributed by atoms with van der Waals surface area (Å²) >= 11 is 6.29. The molecule has 0 radical (unpaired) electrons. The Morgan fingerprint density at radius 2 is 1.89 bits per heavy atom. The topological polar surface area (TPSA) is 57.8 Å². The monoisotopic (exact) mass is 377 g/mol. The van der Waals surface area contributed by atoms with Gasteiger partial charge in [-0.1, -0.05) is 41.9 Å². The zero-order valence-corrected chi connectivity index (χ0v) is 15.7. The van der Waals surface area contributed by atoms with Gasteiger partial charge in [-0.15, -0.1) is 0 Å². The molecule has 0 aliphatic carbocycles. The van der Waals surface area contributed by atoms with Crippen LogP contribution >= 0.6 is 11.6 Å². The zero-order valence-electron chi connectivity index (χ0n) is 14.9. The molecule has 0 unspecified atom stereocenters. The Morgan fingerprint density at radius 3 is 2.59 bits per heavy atom. The molecule has 4 rings (SSSR count). The van der Waals surface area contributed by atoms with Crippen molar-refractivity contribution in [3.63, 3.8) is 0 Å². The number of hydrogen-bond acceptors (Lipinski definition) is 3. The van der Waals surface area contributed by atoms with E-state index in [9.17, 15) is 10.1 Å². The van der Waals surface area contributed by atoms with Gasteiger partial charge in [0.1, 0.15) is 11.6 Å². The van der Waals surface area contributed by atoms with Crippen LogP contribution in [-0.4, -0.2) is 17.7 Å². The first-order chi connectivity index (χ1) is 13.2. The largest absolute Gasteiger partial charge is 0.317 e. The Bertz CT molecular complexity index is 1080. The summed E-state index contributed by atoms with van der Waals surface area (Å²) in [6, 6.07) is 17.6. The van der Waals surface area contributed by atoms with E-state index in [-0.39, 0.29) is 17.0 Å². The Labute approximate surface area is 163 Å². The third kappa shape index (κ3) is 3.37. The predicted molar refractivity (Wildman–Crippen MR) is 108 cm³/mol. The standard InChI is InChI=1S/C22H20ClN3O/c23-17-6-7-20-18(12-17)21(16-8-10-25-11-9-16)19(13-24)22(27)26(20)14-15-4-2-1-3-5-15/h1-7,12,16,25H,8-11,14H2. The molecule has 1 N–H and O–H groups in total. The lowest BCUT2D eigenvalue weighted by molar-refractivity contribution is 0.461. The number of rotatable bonds is 3. The molecule has 1 aliphatic heterocycles. The summed E-state index contributed by atoms with van der Waals surface area (Å²) in [5.41, 5.74) is 2.76. The molecule has 2 aromatic carbocycles. The van der Waals surface area contributed by atoms with E-state index >= 15 is 0 Å². The van der Waals surface area contributed by atoms with Crippen molar-refractivity contribution in [2.45, 2.75) is 25.3 Å². The number of hydrogen-bond donors (Lipinski definition) is 1. The van der Waals surface area contributed by atoms with Gasteiger partial charge in [0.2, 0.25) is 0 Å². The predicted octanol–water partition coefficient (Wildman–Crippen LogP) is 4.04. The minimum atomic E-state index is -0.218. The summed E-state index contributed by atoms with van der Waals surface area (Å²) in [6.07, 6.45) is 1.83. The number of aromatic nitrogens is 1. The average Bonchev–Trinajstić information content (AvgIpc) is 2.71. The molecular formula is C22H20ClN3O. The number of halogens is 1. The van der Waals surface area contributed by atoms with Crippen molar-refractivity contribution < 1.29 is 0 Å². The van der Waals surface area contributed by atoms with Crippen LogP contribution in [0.3, 0.4) is 0 Å². The quantitative estimate of drug-likeness (QED) is 0.749. The van der Waals surface area contributed by atoms with Crippen LogP contribution in [0.25, 0.3) is 10.9 Å². The van der Waals surface area contributed by atoms with Gasteiger partial charge in [-0.25, -0.2) is 0 Å². The second kappa shape index (κ2) is 7.56. The first-order valence-electron chi connectivity index (χ1n) is 9.19. The fourth-order valence-corrected chi connectivity index (χ4v) is 4.19. The maximum absolute atomic E-state index is 13.3. The molecule has 4 nitrogen and oxygen atoms in total. The Kier molecular flexibility index (Phi) is 4.98. The van der Waals surface area contributed by atoms with E-state index < -0.39 is 0 Å². The zero-order chi connectivity index (χ0) is 18.8. The number of nitriles is 1. The summed E-state index contributed by atoms with van der Waals surface area (Å²) in [5.74, 6) is 0.195. The van der Waals surface area contributed by atoms with E-state index in [4.69, 9.17) is 11.6 Å². The lowest BCUT2D eigenvalue weighted by Crippen LogP contribution is -2.30. The average molecular weight is 378 g/mol. The Hall–Kier alpha value is -2.61. The van der Waals surface area contributed by atoms with Gasteiger partial charge in [-0.05, 0) is 61.2 Å². The summed E-state index contributed by atoms with van der Waals surface area (Å²) < 4.78 is 1.70. The van der Waals surface area contributed by atoms with Crippen LogP contribution < -0.4 is 10.9 Å². The molecule has 136 valence electrons. The van der Waals surface area contributed by atoms with E-state index in [1.165, 1.54) is 0 Å². The Balaban J connectivity index is 1.99. The number of benzene rings is 2. The molecular weight excluding hydrogens is 358 g/mol. The highest BCUT2D eigenvalue weighted by molar-refractivity contribution is 6.31. The minimum absolute atomic E-state index is 0.195. The van der Waals surface area contributed by atoms with E-state index in [0.29, 0.717) is 11.6 Å². The lowest BCUT2D eigenvalue weighted by Gasteiger charge is -2.26. The number of piperidine rings is 1. The smallest absolute Gasteiger partial charge is 0.269 e. The van der Waals surface area contributed by atoms with Gasteiger partial charge in [-0.3, -0.25) is 4.79 Å². The SMILES string of the molecule is N#Cc1c(C2CCNCC2)c2cc(Cl)ccc2n(Cc2ccccc2)c1=O. The van der Waals surface area contributed by atoms with Crippen molar-refractivity contribution >= 4 is 22.5 Å². The van der Waals surface area contributed by atoms with Crippen LogP contribution in [0.4, 0.5) is 0 Å². The van der Waals surface area contributed by atoms with Crippen molar-refractivity contribution in [1.29, 1.82) is 5.26 Å². The van der Waals surface area contributed by atoms with Crippen LogP contribution in [-0.2, 0) is 6.54 Å². The first kappa shape index (κ1) is 17.8. The maximum Gasteiger partial charge on any atom is 0.269 e. The van der Waals surface area contributed by atoms with Gasteiger partial charge < -0.3 is 9.88 Å². The van der Waals surface area contributed by atoms with Crippen LogP contribution in [0.1, 0.15) is 35.4 Å². The third-order valence-electron chi connectivity index (χ3n) is 5.31. The molecule has 27 heavy (non-hydrogen) atoms. The summed E-state index contributed by atoms with van der Waals surface area (Å²) in [6.45, 7) is 2.22. The molecule has 2 heterocycles. The Morgan fingerprint density at radius 1 is 1.15 bits per heavy atom. The van der Waals surface area contributed by atoms with Gasteiger partial charge in [0.05, 0.1) is 12.1 Å². The maximum atomic E-state index is 13.3. The number of fused-ring (bicyclic) bond motifs is 1. The van der Waals surface area contributed by atoms with E-state index in [2.05, 4.69) is 11.4 Å². The molecule has 1 saturated heterocycles. The van der Waals surface area contributed by atoms with Crippen LogP contribution in [0.15, 0.2) is 53.3 Å². The molecule has 1 fully saturated rings. The fraction of sp³-hybridized carbons (Fsp3) is 0.273. The van der Waals surface area contributed by atoms with Gasteiger partial charge in [0.25, 0.3) is 5.56 Å². The number of nitrogens with one attached hydrogen (secondary N) is 1. The highest BCUT2D eigenvalue weighted by atomic mass is 35.5. The minimum Gasteiger partial charge on any atom is -0.317 e. The van der Waals surface area contributed by atoms with E-state index in [1.54, 1.807) is 4.57 Å². The summed E-state index contributed by atoms with van der Waals surface area (Å²) in [7, 11) is 0. The number of pyridine rings is 1. The van der Waals surface area contributed by atoms with Crippen LogP contribution in [0.2, 0.25) is 5.02 Å². The highest BCUT2D eigenvalue weighted by Gasteiger charge is 2.25. The van der Waals surface area contributed by atoms with Gasteiger partial charge in [0.15, 0.2) is 0 Å². The van der Waals surface area contributed by atoms with Crippen molar-refractivity contribution in [3.05, 3.63) is 80.6 Å². The molecule has 0 amide bonds. The third-order valence-corrected chi connectivity index (χ3v) is 5.55.